The lowest BCUT2D eigenvalue weighted by Gasteiger charge is -2.35. The maximum Gasteiger partial charge on any atom is 0.416 e. The molecule has 1 heterocycles. The Bertz CT molecular complexity index is 1540. The van der Waals surface area contributed by atoms with E-state index in [-0.39, 0.29) is 95.4 Å². The number of carbonyl (C=O) groups excluding carboxylic acids is 3. The molecule has 3 rings (SSSR count). The van der Waals surface area contributed by atoms with Crippen LogP contribution in [0.4, 0.5) is 13.2 Å². The number of benzene rings is 2. The molecule has 0 unspecified atom stereocenters. The van der Waals surface area contributed by atoms with Crippen molar-refractivity contribution in [2.24, 2.45) is 0 Å². The summed E-state index contributed by atoms with van der Waals surface area (Å²) in [5.74, 6) is -1.81. The monoisotopic (exact) mass is 693 g/mol. The molecule has 2 amide bonds. The van der Waals surface area contributed by atoms with E-state index in [0.717, 1.165) is 6.07 Å². The Kier molecular flexibility index (Phi) is 12.0. The van der Waals surface area contributed by atoms with Crippen molar-refractivity contribution in [3.8, 4) is 0 Å². The molecule has 9 nitrogen and oxygen atoms in total. The molecule has 0 radical (unpaired) electrons. The van der Waals surface area contributed by atoms with Gasteiger partial charge < -0.3 is 15.0 Å². The van der Waals surface area contributed by atoms with Gasteiger partial charge in [0.05, 0.1) is 22.6 Å². The second kappa shape index (κ2) is 14.7. The predicted molar refractivity (Wildman–Crippen MR) is 164 cm³/mol. The zero-order valence-electron chi connectivity index (χ0n) is 25.4. The molecule has 45 heavy (non-hydrogen) atoms. The number of ether oxygens (including phenoxy) is 1. The van der Waals surface area contributed by atoms with Crippen LogP contribution in [0.5, 0.6) is 0 Å². The predicted octanol–water partition coefficient (Wildman–Crippen LogP) is 5.50. The molecule has 1 N–H and O–H groups in total. The van der Waals surface area contributed by atoms with Crippen molar-refractivity contribution in [2.75, 3.05) is 31.9 Å². The molecular formula is C30H36Cl2F3N3O6S. The van der Waals surface area contributed by atoms with Crippen LogP contribution >= 0.6 is 23.2 Å². The van der Waals surface area contributed by atoms with Crippen LogP contribution in [0.3, 0.4) is 0 Å². The van der Waals surface area contributed by atoms with Gasteiger partial charge in [0.25, 0.3) is 5.91 Å². The van der Waals surface area contributed by atoms with Crippen LogP contribution < -0.4 is 5.32 Å². The summed E-state index contributed by atoms with van der Waals surface area (Å²) in [5.41, 5.74) is -2.10. The molecule has 0 spiro atoms. The van der Waals surface area contributed by atoms with Gasteiger partial charge in [0.15, 0.2) is 9.84 Å². The largest absolute Gasteiger partial charge is 0.460 e. The summed E-state index contributed by atoms with van der Waals surface area (Å²) < 4.78 is 72.7. The molecule has 0 aromatic heterocycles. The lowest BCUT2D eigenvalue weighted by molar-refractivity contribution is -0.156. The number of amides is 2. The number of piperazine rings is 1. The molecule has 1 saturated heterocycles. The average Bonchev–Trinajstić information content (AvgIpc) is 2.94. The van der Waals surface area contributed by atoms with Crippen molar-refractivity contribution in [1.82, 2.24) is 15.1 Å². The van der Waals surface area contributed by atoms with Crippen molar-refractivity contribution < 1.29 is 40.7 Å². The molecule has 1 aliphatic heterocycles. The number of rotatable bonds is 10. The van der Waals surface area contributed by atoms with Gasteiger partial charge in [-0.2, -0.15) is 13.2 Å². The van der Waals surface area contributed by atoms with E-state index in [0.29, 0.717) is 6.07 Å². The molecule has 0 atom stereocenters. The van der Waals surface area contributed by atoms with Crippen molar-refractivity contribution in [3.63, 3.8) is 0 Å². The molecule has 248 valence electrons. The highest BCUT2D eigenvalue weighted by atomic mass is 35.5. The number of hydrogen-bond donors (Lipinski definition) is 1. The van der Waals surface area contributed by atoms with E-state index in [1.54, 1.807) is 30.6 Å². The van der Waals surface area contributed by atoms with Gasteiger partial charge in [-0.1, -0.05) is 30.1 Å². The Labute approximate surface area is 270 Å². The van der Waals surface area contributed by atoms with Crippen LogP contribution in [0, 0.1) is 0 Å². The summed E-state index contributed by atoms with van der Waals surface area (Å²) in [6, 6.07) is 5.94. The number of alkyl halides is 3. The van der Waals surface area contributed by atoms with Crippen molar-refractivity contribution in [1.29, 1.82) is 0 Å². The maximum atomic E-state index is 14.2. The number of esters is 1. The van der Waals surface area contributed by atoms with E-state index in [1.807, 2.05) is 0 Å². The molecule has 1 aliphatic rings. The molecular weight excluding hydrogens is 658 g/mol. The van der Waals surface area contributed by atoms with E-state index >= 15 is 0 Å². The van der Waals surface area contributed by atoms with Gasteiger partial charge in [0.2, 0.25) is 5.91 Å². The quantitative estimate of drug-likeness (QED) is 0.327. The Morgan fingerprint density at radius 3 is 2.20 bits per heavy atom. The summed E-state index contributed by atoms with van der Waals surface area (Å²) in [5, 5.41) is 2.43. The molecule has 1 fully saturated rings. The van der Waals surface area contributed by atoms with Crippen LogP contribution in [0.25, 0.3) is 0 Å². The highest BCUT2D eigenvalue weighted by molar-refractivity contribution is 7.91. The lowest BCUT2D eigenvalue weighted by atomic mass is 10.0. The normalized spacial score (nSPS) is 14.7. The smallest absolute Gasteiger partial charge is 0.416 e. The highest BCUT2D eigenvalue weighted by Crippen LogP contribution is 2.37. The molecule has 0 bridgehead atoms. The van der Waals surface area contributed by atoms with Gasteiger partial charge in [-0.05, 0) is 62.2 Å². The summed E-state index contributed by atoms with van der Waals surface area (Å²) in [7, 11) is -3.66. The first-order valence-corrected chi connectivity index (χ1v) is 16.6. The van der Waals surface area contributed by atoms with Gasteiger partial charge in [-0.15, -0.1) is 0 Å². The van der Waals surface area contributed by atoms with E-state index in [4.69, 9.17) is 27.9 Å². The van der Waals surface area contributed by atoms with E-state index in [9.17, 15) is 36.0 Å². The van der Waals surface area contributed by atoms with Crippen LogP contribution in [-0.4, -0.2) is 73.5 Å². The molecule has 15 heteroatoms. The van der Waals surface area contributed by atoms with Gasteiger partial charge >= 0.3 is 12.1 Å². The topological polar surface area (TPSA) is 113 Å². The molecule has 2 aromatic carbocycles. The van der Waals surface area contributed by atoms with Gasteiger partial charge in [-0.25, -0.2) is 8.42 Å². The Balaban J connectivity index is 1.69. The second-order valence-electron chi connectivity index (χ2n) is 11.6. The fourth-order valence-electron chi connectivity index (χ4n) is 4.74. The second-order valence-corrected chi connectivity index (χ2v) is 14.7. The van der Waals surface area contributed by atoms with Crippen LogP contribution in [0.2, 0.25) is 10.0 Å². The summed E-state index contributed by atoms with van der Waals surface area (Å²) in [6.45, 7) is 7.24. The van der Waals surface area contributed by atoms with E-state index in [2.05, 4.69) is 5.32 Å². The average molecular weight is 695 g/mol. The van der Waals surface area contributed by atoms with Crippen LogP contribution in [0.15, 0.2) is 35.2 Å². The number of sulfone groups is 1. The molecule has 0 aliphatic carbocycles. The lowest BCUT2D eigenvalue weighted by Crippen LogP contribution is -2.48. The third-order valence-electron chi connectivity index (χ3n) is 7.01. The minimum Gasteiger partial charge on any atom is -0.460 e. The van der Waals surface area contributed by atoms with Crippen LogP contribution in [0.1, 0.15) is 67.6 Å². The number of carbonyl (C=O) groups is 3. The number of halogens is 5. The van der Waals surface area contributed by atoms with Crippen molar-refractivity contribution in [2.45, 2.75) is 70.3 Å². The first-order valence-electron chi connectivity index (χ1n) is 14.2. The standard InChI is InChI=1S/C30H36Cl2F3N3O6S/c1-5-45(42,43)25-7-6-21(31)14-20(25)17-36-28(41)19-15-23(30(33,34)35)22(24(32)16-19)18-37-10-12-38(13-11-37)26(39)8-9-27(40)44-29(2,3)4/h6-7,14-16H,5,8-13,17-18H2,1-4H3,(H,36,41). The molecule has 0 saturated carbocycles. The Hall–Kier alpha value is -2.87. The minimum absolute atomic E-state index is 0.0322. The van der Waals surface area contributed by atoms with Crippen LogP contribution in [-0.2, 0) is 43.4 Å². The number of nitrogens with zero attached hydrogens (tertiary/aromatic N) is 2. The van der Waals surface area contributed by atoms with Crippen molar-refractivity contribution >= 4 is 50.8 Å². The zero-order valence-corrected chi connectivity index (χ0v) is 27.7. The SMILES string of the molecule is CCS(=O)(=O)c1ccc(Cl)cc1CNC(=O)c1cc(Cl)c(CN2CCN(C(=O)CCC(=O)OC(C)(C)C)CC2)c(C(F)(F)F)c1. The first-order chi connectivity index (χ1) is 20.8. The fourth-order valence-corrected chi connectivity index (χ4v) is 6.33. The number of hydrogen-bond acceptors (Lipinski definition) is 7. The van der Waals surface area contributed by atoms with Crippen molar-refractivity contribution in [3.05, 3.63) is 62.6 Å². The van der Waals surface area contributed by atoms with Gasteiger partial charge in [0.1, 0.15) is 5.60 Å². The zero-order chi connectivity index (χ0) is 33.7. The Morgan fingerprint density at radius 1 is 0.978 bits per heavy atom. The summed E-state index contributed by atoms with van der Waals surface area (Å²) in [4.78, 5) is 40.7. The first kappa shape index (κ1) is 36.6. The fraction of sp³-hybridized carbons (Fsp3) is 0.500. The number of nitrogens with one attached hydrogen (secondary N) is 1. The van der Waals surface area contributed by atoms with E-state index in [1.165, 1.54) is 25.1 Å². The Morgan fingerprint density at radius 2 is 1.62 bits per heavy atom. The van der Waals surface area contributed by atoms with Gasteiger partial charge in [0, 0.05) is 61.3 Å². The minimum atomic E-state index is -4.83. The van der Waals surface area contributed by atoms with Gasteiger partial charge in [-0.3, -0.25) is 19.3 Å². The third kappa shape index (κ3) is 10.3. The van der Waals surface area contributed by atoms with E-state index < -0.39 is 39.1 Å². The maximum absolute atomic E-state index is 14.2. The summed E-state index contributed by atoms with van der Waals surface area (Å²) in [6.07, 6.45) is -4.93. The third-order valence-corrected chi connectivity index (χ3v) is 9.41. The molecule has 2 aromatic rings. The summed E-state index contributed by atoms with van der Waals surface area (Å²) >= 11 is 12.3. The highest BCUT2D eigenvalue weighted by Gasteiger charge is 2.36.